The molecule has 0 spiro atoms. The van der Waals surface area contributed by atoms with E-state index in [0.29, 0.717) is 5.69 Å². The maximum absolute atomic E-state index is 11.8. The summed E-state index contributed by atoms with van der Waals surface area (Å²) in [7, 11) is -3.63. The maximum atomic E-state index is 11.8. The van der Waals surface area contributed by atoms with Crippen LogP contribution in [-0.2, 0) is 10.0 Å². The van der Waals surface area contributed by atoms with E-state index in [1.54, 1.807) is 42.6 Å². The molecular formula is C12H10N2O2S. The van der Waals surface area contributed by atoms with E-state index >= 15 is 0 Å². The normalized spacial score (nSPS) is 11.8. The second kappa shape index (κ2) is 4.88. The van der Waals surface area contributed by atoms with Gasteiger partial charge in [0.25, 0.3) is 10.0 Å². The van der Waals surface area contributed by atoms with Crippen LogP contribution in [0.3, 0.4) is 0 Å². The lowest BCUT2D eigenvalue weighted by Gasteiger charge is -1.96. The van der Waals surface area contributed by atoms with Gasteiger partial charge in [-0.2, -0.15) is 12.8 Å². The van der Waals surface area contributed by atoms with E-state index in [1.807, 2.05) is 0 Å². The molecule has 0 aliphatic carbocycles. The lowest BCUT2D eigenvalue weighted by atomic mass is 10.4. The van der Waals surface area contributed by atoms with E-state index < -0.39 is 10.0 Å². The van der Waals surface area contributed by atoms with Gasteiger partial charge >= 0.3 is 0 Å². The van der Waals surface area contributed by atoms with Crippen LogP contribution in [0.2, 0.25) is 0 Å². The zero-order chi connectivity index (χ0) is 12.1. The Balaban J connectivity index is 2.28. The van der Waals surface area contributed by atoms with Crippen LogP contribution in [0.4, 0.5) is 0 Å². The highest BCUT2D eigenvalue weighted by atomic mass is 32.2. The van der Waals surface area contributed by atoms with Gasteiger partial charge in [0.15, 0.2) is 0 Å². The van der Waals surface area contributed by atoms with Crippen molar-refractivity contribution in [2.24, 2.45) is 4.40 Å². The first kappa shape index (κ1) is 11.5. The van der Waals surface area contributed by atoms with Gasteiger partial charge in [0.05, 0.1) is 16.8 Å². The molecular weight excluding hydrogens is 236 g/mol. The number of rotatable bonds is 3. The Morgan fingerprint density at radius 1 is 1.00 bits per heavy atom. The smallest absolute Gasteiger partial charge is 0.255 e. The first-order chi connectivity index (χ1) is 8.18. The van der Waals surface area contributed by atoms with Crippen LogP contribution in [0.5, 0.6) is 0 Å². The summed E-state index contributed by atoms with van der Waals surface area (Å²) < 4.78 is 27.1. The van der Waals surface area contributed by atoms with Crippen LogP contribution in [0.1, 0.15) is 5.69 Å². The van der Waals surface area contributed by atoms with E-state index in [-0.39, 0.29) is 4.90 Å². The molecule has 2 aromatic rings. The third kappa shape index (κ3) is 2.98. The Morgan fingerprint density at radius 3 is 2.35 bits per heavy atom. The molecule has 1 aromatic heterocycles. The molecule has 0 atom stereocenters. The van der Waals surface area contributed by atoms with Crippen LogP contribution in [0.25, 0.3) is 0 Å². The standard InChI is InChI=1S/C12H10N2O2S/c15-17(16,12-7-2-1-3-8-12)14-10-11-6-4-5-9-13-11/h1-10H/b14-10-. The first-order valence-corrected chi connectivity index (χ1v) is 6.39. The van der Waals surface area contributed by atoms with Crippen LogP contribution in [0.15, 0.2) is 64.0 Å². The maximum Gasteiger partial charge on any atom is 0.282 e. The van der Waals surface area contributed by atoms with Crippen molar-refractivity contribution in [3.63, 3.8) is 0 Å². The fraction of sp³-hybridized carbons (Fsp3) is 0. The molecule has 5 heteroatoms. The Labute approximate surface area is 99.7 Å². The van der Waals surface area contributed by atoms with Crippen molar-refractivity contribution in [2.45, 2.75) is 4.90 Å². The van der Waals surface area contributed by atoms with Gasteiger partial charge < -0.3 is 0 Å². The molecule has 0 amide bonds. The van der Waals surface area contributed by atoms with Gasteiger partial charge in [0, 0.05) is 6.20 Å². The predicted octanol–water partition coefficient (Wildman–Crippen LogP) is 1.89. The molecule has 0 N–H and O–H groups in total. The number of hydrogen-bond acceptors (Lipinski definition) is 3. The van der Waals surface area contributed by atoms with Gasteiger partial charge in [-0.1, -0.05) is 24.3 Å². The lowest BCUT2D eigenvalue weighted by Crippen LogP contribution is -1.97. The molecule has 1 aromatic carbocycles. The first-order valence-electron chi connectivity index (χ1n) is 4.95. The molecule has 0 saturated carbocycles. The zero-order valence-corrected chi connectivity index (χ0v) is 9.71. The second-order valence-electron chi connectivity index (χ2n) is 3.28. The fourth-order valence-corrected chi connectivity index (χ4v) is 2.10. The van der Waals surface area contributed by atoms with E-state index in [1.165, 1.54) is 18.3 Å². The molecule has 2 rings (SSSR count). The Kier molecular flexibility index (Phi) is 3.30. The SMILES string of the molecule is O=S(=O)(/N=C\c1ccccn1)c1ccccc1. The Morgan fingerprint density at radius 2 is 1.71 bits per heavy atom. The molecule has 0 bridgehead atoms. The largest absolute Gasteiger partial charge is 0.282 e. The van der Waals surface area contributed by atoms with Crippen molar-refractivity contribution in [1.82, 2.24) is 4.98 Å². The van der Waals surface area contributed by atoms with E-state index in [0.717, 1.165) is 0 Å². The second-order valence-corrected chi connectivity index (χ2v) is 4.91. The summed E-state index contributed by atoms with van der Waals surface area (Å²) in [5, 5.41) is 0. The number of nitrogens with zero attached hydrogens (tertiary/aromatic N) is 2. The molecule has 4 nitrogen and oxygen atoms in total. The van der Waals surface area contributed by atoms with Gasteiger partial charge in [-0.05, 0) is 24.3 Å². The van der Waals surface area contributed by atoms with Gasteiger partial charge in [-0.15, -0.1) is 0 Å². The van der Waals surface area contributed by atoms with Gasteiger partial charge in [0.1, 0.15) is 0 Å². The van der Waals surface area contributed by atoms with Crippen molar-refractivity contribution in [3.05, 3.63) is 60.4 Å². The summed E-state index contributed by atoms with van der Waals surface area (Å²) in [5.74, 6) is 0. The fourth-order valence-electron chi connectivity index (χ4n) is 1.23. The number of pyridine rings is 1. The third-order valence-electron chi connectivity index (χ3n) is 2.05. The highest BCUT2D eigenvalue weighted by Gasteiger charge is 2.09. The molecule has 0 saturated heterocycles. The van der Waals surface area contributed by atoms with E-state index in [9.17, 15) is 8.42 Å². The number of hydrogen-bond donors (Lipinski definition) is 0. The summed E-state index contributed by atoms with van der Waals surface area (Å²) in [6.45, 7) is 0. The van der Waals surface area contributed by atoms with Crippen molar-refractivity contribution in [2.75, 3.05) is 0 Å². The minimum atomic E-state index is -3.63. The van der Waals surface area contributed by atoms with Crippen molar-refractivity contribution < 1.29 is 8.42 Å². The highest BCUT2D eigenvalue weighted by Crippen LogP contribution is 2.10. The Bertz CT molecular complexity index is 607. The van der Waals surface area contributed by atoms with Crippen molar-refractivity contribution in [1.29, 1.82) is 0 Å². The molecule has 17 heavy (non-hydrogen) atoms. The summed E-state index contributed by atoms with van der Waals surface area (Å²) in [6.07, 6.45) is 2.82. The molecule has 0 unspecified atom stereocenters. The summed E-state index contributed by atoms with van der Waals surface area (Å²) in [6, 6.07) is 13.3. The number of benzene rings is 1. The molecule has 0 aliphatic rings. The Hall–Kier alpha value is -2.01. The van der Waals surface area contributed by atoms with Crippen molar-refractivity contribution in [3.8, 4) is 0 Å². The third-order valence-corrected chi connectivity index (χ3v) is 3.30. The van der Waals surface area contributed by atoms with Gasteiger partial charge in [0.2, 0.25) is 0 Å². The topological polar surface area (TPSA) is 59.4 Å². The highest BCUT2D eigenvalue weighted by molar-refractivity contribution is 7.90. The van der Waals surface area contributed by atoms with E-state index in [4.69, 9.17) is 0 Å². The summed E-state index contributed by atoms with van der Waals surface area (Å²) in [5.41, 5.74) is 0.506. The minimum Gasteiger partial charge on any atom is -0.255 e. The lowest BCUT2D eigenvalue weighted by molar-refractivity contribution is 0.598. The zero-order valence-electron chi connectivity index (χ0n) is 8.89. The molecule has 0 radical (unpaired) electrons. The van der Waals surface area contributed by atoms with Crippen LogP contribution in [0, 0.1) is 0 Å². The molecule has 86 valence electrons. The van der Waals surface area contributed by atoms with Gasteiger partial charge in [-0.25, -0.2) is 0 Å². The van der Waals surface area contributed by atoms with Gasteiger partial charge in [-0.3, -0.25) is 4.98 Å². The van der Waals surface area contributed by atoms with Crippen LogP contribution >= 0.6 is 0 Å². The van der Waals surface area contributed by atoms with Crippen LogP contribution in [-0.4, -0.2) is 19.6 Å². The number of sulfonamides is 1. The van der Waals surface area contributed by atoms with Crippen molar-refractivity contribution >= 4 is 16.2 Å². The molecule has 1 heterocycles. The quantitative estimate of drug-likeness (QED) is 0.777. The molecule has 0 fully saturated rings. The predicted molar refractivity (Wildman–Crippen MR) is 65.5 cm³/mol. The van der Waals surface area contributed by atoms with Crippen LogP contribution < -0.4 is 0 Å². The minimum absolute atomic E-state index is 0.173. The average molecular weight is 246 g/mol. The molecule has 0 aliphatic heterocycles. The average Bonchev–Trinajstić information content (AvgIpc) is 2.39. The summed E-state index contributed by atoms with van der Waals surface area (Å²) in [4.78, 5) is 4.14. The number of aromatic nitrogens is 1. The monoisotopic (exact) mass is 246 g/mol. The summed E-state index contributed by atoms with van der Waals surface area (Å²) >= 11 is 0. The van der Waals surface area contributed by atoms with E-state index in [2.05, 4.69) is 9.38 Å².